The lowest BCUT2D eigenvalue weighted by Gasteiger charge is -2.23. The van der Waals surface area contributed by atoms with Crippen molar-refractivity contribution in [1.29, 1.82) is 0 Å². The SMILES string of the molecule is CC(=O)NC(C(=O)OCc1cccc(COC(=O)C(NC(C)=O)C2CCCC2)c1)C1CCCC1. The number of amides is 2. The molecule has 8 nitrogen and oxygen atoms in total. The van der Waals surface area contributed by atoms with E-state index in [1.165, 1.54) is 13.8 Å². The van der Waals surface area contributed by atoms with Crippen LogP contribution in [0, 0.1) is 11.8 Å². The highest BCUT2D eigenvalue weighted by molar-refractivity contribution is 5.84. The molecule has 0 heterocycles. The van der Waals surface area contributed by atoms with Crippen molar-refractivity contribution < 1.29 is 28.7 Å². The van der Waals surface area contributed by atoms with Gasteiger partial charge in [-0.2, -0.15) is 0 Å². The van der Waals surface area contributed by atoms with Crippen molar-refractivity contribution in [1.82, 2.24) is 10.6 Å². The van der Waals surface area contributed by atoms with E-state index in [1.807, 2.05) is 24.3 Å². The molecular weight excluding hydrogens is 436 g/mol. The molecule has 2 N–H and O–H groups in total. The van der Waals surface area contributed by atoms with Gasteiger partial charge in [-0.15, -0.1) is 0 Å². The van der Waals surface area contributed by atoms with E-state index in [0.717, 1.165) is 62.5 Å². The summed E-state index contributed by atoms with van der Waals surface area (Å²) in [7, 11) is 0. The topological polar surface area (TPSA) is 111 Å². The average Bonchev–Trinajstić information content (AvgIpc) is 3.52. The summed E-state index contributed by atoms with van der Waals surface area (Å²) in [4.78, 5) is 48.5. The van der Waals surface area contributed by atoms with Crippen LogP contribution >= 0.6 is 0 Å². The first-order chi connectivity index (χ1) is 16.3. The molecule has 8 heteroatoms. The minimum absolute atomic E-state index is 0.0695. The Bertz CT molecular complexity index is 807. The summed E-state index contributed by atoms with van der Waals surface area (Å²) in [5, 5.41) is 5.50. The molecule has 2 fully saturated rings. The number of carbonyl (C=O) groups is 4. The number of rotatable bonds is 10. The first kappa shape index (κ1) is 25.7. The second-order valence-electron chi connectivity index (χ2n) is 9.48. The van der Waals surface area contributed by atoms with Crippen LogP contribution < -0.4 is 10.6 Å². The standard InChI is InChI=1S/C26H36N2O6/c1-17(29)27-23(21-10-3-4-11-21)25(31)33-15-19-8-7-9-20(14-19)16-34-26(32)24(28-18(2)30)22-12-5-6-13-22/h7-9,14,21-24H,3-6,10-13,15-16H2,1-2H3,(H,27,29)(H,28,30). The first-order valence-electron chi connectivity index (χ1n) is 12.3. The molecule has 2 aliphatic carbocycles. The van der Waals surface area contributed by atoms with E-state index in [0.29, 0.717) is 0 Å². The van der Waals surface area contributed by atoms with Crippen LogP contribution in [0.25, 0.3) is 0 Å². The highest BCUT2D eigenvalue weighted by Crippen LogP contribution is 2.29. The number of carbonyl (C=O) groups excluding carboxylic acids is 4. The van der Waals surface area contributed by atoms with Crippen molar-refractivity contribution in [2.75, 3.05) is 0 Å². The van der Waals surface area contributed by atoms with Crippen LogP contribution in [-0.4, -0.2) is 35.8 Å². The van der Waals surface area contributed by atoms with E-state index < -0.39 is 24.0 Å². The lowest BCUT2D eigenvalue weighted by Crippen LogP contribution is -2.45. The van der Waals surface area contributed by atoms with E-state index in [1.54, 1.807) is 0 Å². The number of hydrogen-bond acceptors (Lipinski definition) is 6. The average molecular weight is 473 g/mol. The molecule has 0 radical (unpaired) electrons. The Balaban J connectivity index is 1.54. The van der Waals surface area contributed by atoms with Gasteiger partial charge in [-0.05, 0) is 54.7 Å². The van der Waals surface area contributed by atoms with Crippen LogP contribution in [0.2, 0.25) is 0 Å². The van der Waals surface area contributed by atoms with Gasteiger partial charge in [0.2, 0.25) is 11.8 Å². The number of benzene rings is 1. The summed E-state index contributed by atoms with van der Waals surface area (Å²) in [5.41, 5.74) is 1.54. The monoisotopic (exact) mass is 472 g/mol. The summed E-state index contributed by atoms with van der Waals surface area (Å²) in [6.07, 6.45) is 7.83. The van der Waals surface area contributed by atoms with Crippen molar-refractivity contribution in [2.24, 2.45) is 11.8 Å². The zero-order valence-electron chi connectivity index (χ0n) is 20.1. The molecule has 0 aliphatic heterocycles. The summed E-state index contributed by atoms with van der Waals surface area (Å²) in [6, 6.07) is 6.07. The third-order valence-electron chi connectivity index (χ3n) is 6.72. The van der Waals surface area contributed by atoms with Crippen LogP contribution in [-0.2, 0) is 41.9 Å². The van der Waals surface area contributed by atoms with E-state index in [-0.39, 0.29) is 36.9 Å². The lowest BCUT2D eigenvalue weighted by molar-refractivity contribution is -0.150. The van der Waals surface area contributed by atoms with Crippen LogP contribution in [0.15, 0.2) is 24.3 Å². The molecule has 186 valence electrons. The van der Waals surface area contributed by atoms with Gasteiger partial charge in [-0.25, -0.2) is 9.59 Å². The second kappa shape index (κ2) is 12.5. The third-order valence-corrected chi connectivity index (χ3v) is 6.72. The number of nitrogens with one attached hydrogen (secondary N) is 2. The normalized spacial score (nSPS) is 18.2. The van der Waals surface area contributed by atoms with Gasteiger partial charge in [0, 0.05) is 13.8 Å². The van der Waals surface area contributed by atoms with Crippen molar-refractivity contribution in [3.63, 3.8) is 0 Å². The third kappa shape index (κ3) is 7.57. The number of ether oxygens (including phenoxy) is 2. The summed E-state index contributed by atoms with van der Waals surface area (Å²) in [6.45, 7) is 2.95. The Hall–Kier alpha value is -2.90. The molecule has 2 atom stereocenters. The molecule has 1 aromatic rings. The van der Waals surface area contributed by atoms with Crippen molar-refractivity contribution in [2.45, 2.75) is 90.5 Å². The Morgan fingerprint density at radius 1 is 0.765 bits per heavy atom. The van der Waals surface area contributed by atoms with Gasteiger partial charge < -0.3 is 20.1 Å². The highest BCUT2D eigenvalue weighted by Gasteiger charge is 2.33. The van der Waals surface area contributed by atoms with Gasteiger partial charge in [0.05, 0.1) is 0 Å². The molecule has 3 rings (SSSR count). The zero-order valence-corrected chi connectivity index (χ0v) is 20.1. The van der Waals surface area contributed by atoms with Gasteiger partial charge >= 0.3 is 11.9 Å². The quantitative estimate of drug-likeness (QED) is 0.506. The fourth-order valence-electron chi connectivity index (χ4n) is 5.06. The summed E-state index contributed by atoms with van der Waals surface area (Å²) >= 11 is 0. The maximum absolute atomic E-state index is 12.7. The predicted octanol–water partition coefficient (Wildman–Crippen LogP) is 3.16. The van der Waals surface area contributed by atoms with Gasteiger partial charge in [0.25, 0.3) is 0 Å². The second-order valence-corrected chi connectivity index (χ2v) is 9.48. The lowest BCUT2D eigenvalue weighted by atomic mass is 9.98. The molecule has 0 spiro atoms. The fraction of sp³-hybridized carbons (Fsp3) is 0.615. The Morgan fingerprint density at radius 3 is 1.50 bits per heavy atom. The minimum Gasteiger partial charge on any atom is -0.459 e. The van der Waals surface area contributed by atoms with Crippen LogP contribution in [0.1, 0.15) is 76.3 Å². The van der Waals surface area contributed by atoms with E-state index in [2.05, 4.69) is 10.6 Å². The molecule has 0 saturated heterocycles. The molecule has 2 saturated carbocycles. The fourth-order valence-corrected chi connectivity index (χ4v) is 5.06. The van der Waals surface area contributed by atoms with Crippen LogP contribution in [0.3, 0.4) is 0 Å². The molecular formula is C26H36N2O6. The zero-order chi connectivity index (χ0) is 24.5. The van der Waals surface area contributed by atoms with Gasteiger partial charge in [-0.1, -0.05) is 43.9 Å². The summed E-state index contributed by atoms with van der Waals surface area (Å²) < 4.78 is 11.0. The summed E-state index contributed by atoms with van der Waals surface area (Å²) in [5.74, 6) is -1.11. The molecule has 2 aliphatic rings. The van der Waals surface area contributed by atoms with E-state index in [4.69, 9.17) is 9.47 Å². The molecule has 0 bridgehead atoms. The Morgan fingerprint density at radius 2 is 1.15 bits per heavy atom. The Kier molecular flexibility index (Phi) is 9.48. The van der Waals surface area contributed by atoms with Gasteiger partial charge in [-0.3, -0.25) is 9.59 Å². The smallest absolute Gasteiger partial charge is 0.329 e. The van der Waals surface area contributed by atoms with E-state index in [9.17, 15) is 19.2 Å². The van der Waals surface area contributed by atoms with Crippen LogP contribution in [0.5, 0.6) is 0 Å². The maximum Gasteiger partial charge on any atom is 0.329 e. The minimum atomic E-state index is -0.620. The van der Waals surface area contributed by atoms with Crippen molar-refractivity contribution in [3.8, 4) is 0 Å². The molecule has 2 unspecified atom stereocenters. The first-order valence-corrected chi connectivity index (χ1v) is 12.3. The van der Waals surface area contributed by atoms with Crippen molar-refractivity contribution >= 4 is 23.8 Å². The largest absolute Gasteiger partial charge is 0.459 e. The predicted molar refractivity (Wildman–Crippen MR) is 125 cm³/mol. The number of hydrogen-bond donors (Lipinski definition) is 2. The molecule has 2 amide bonds. The molecule has 0 aromatic heterocycles. The van der Waals surface area contributed by atoms with Crippen LogP contribution in [0.4, 0.5) is 0 Å². The molecule has 34 heavy (non-hydrogen) atoms. The Labute approximate surface area is 201 Å². The van der Waals surface area contributed by atoms with E-state index >= 15 is 0 Å². The highest BCUT2D eigenvalue weighted by atomic mass is 16.5. The molecule has 1 aromatic carbocycles. The maximum atomic E-state index is 12.7. The van der Waals surface area contributed by atoms with Gasteiger partial charge in [0.1, 0.15) is 25.3 Å². The number of esters is 2. The van der Waals surface area contributed by atoms with Gasteiger partial charge in [0.15, 0.2) is 0 Å². The van der Waals surface area contributed by atoms with Crippen molar-refractivity contribution in [3.05, 3.63) is 35.4 Å².